The Bertz CT molecular complexity index is 827. The van der Waals surface area contributed by atoms with Crippen molar-refractivity contribution in [3.8, 4) is 0 Å². The van der Waals surface area contributed by atoms with Crippen molar-refractivity contribution in [1.29, 1.82) is 0 Å². The zero-order valence-electron chi connectivity index (χ0n) is 33.8. The van der Waals surface area contributed by atoms with Crippen molar-refractivity contribution in [3.63, 3.8) is 0 Å². The lowest BCUT2D eigenvalue weighted by Gasteiger charge is -2.20. The standard InChI is InChI=1S/C41H82NO8P/c1-5-7-9-11-13-15-17-18-19-20-21-22-24-25-27-29-31-33-40(43)47-37-39(38-49-51(45,46)48-36-35-42(3)4)50-41(44)34-32-30-28-26-23-16-14-12-10-8-6-2/h39H,5-38H2,1-4H3,(H,45,46). The van der Waals surface area contributed by atoms with Crippen molar-refractivity contribution < 1.29 is 37.6 Å². The topological polar surface area (TPSA) is 112 Å². The van der Waals surface area contributed by atoms with Gasteiger partial charge in [-0.25, -0.2) is 4.57 Å². The lowest BCUT2D eigenvalue weighted by atomic mass is 10.0. The molecule has 0 heterocycles. The molecule has 0 radical (unpaired) electrons. The van der Waals surface area contributed by atoms with E-state index in [2.05, 4.69) is 13.8 Å². The molecule has 0 aromatic heterocycles. The van der Waals surface area contributed by atoms with Gasteiger partial charge in [-0.3, -0.25) is 18.6 Å². The Morgan fingerprint density at radius 2 is 0.882 bits per heavy atom. The fourth-order valence-corrected chi connectivity index (χ4v) is 6.84. The van der Waals surface area contributed by atoms with Gasteiger partial charge in [-0.05, 0) is 26.9 Å². The van der Waals surface area contributed by atoms with Crippen molar-refractivity contribution in [2.24, 2.45) is 0 Å². The normalized spacial score (nSPS) is 13.4. The van der Waals surface area contributed by atoms with E-state index in [4.69, 9.17) is 18.5 Å². The van der Waals surface area contributed by atoms with Gasteiger partial charge in [0, 0.05) is 19.4 Å². The second-order valence-corrected chi connectivity index (χ2v) is 16.3. The summed E-state index contributed by atoms with van der Waals surface area (Å²) in [6.45, 7) is 4.34. The molecule has 0 amide bonds. The molecule has 0 aromatic rings. The minimum absolute atomic E-state index is 0.0123. The van der Waals surface area contributed by atoms with Crippen LogP contribution in [-0.4, -0.2) is 68.3 Å². The Labute approximate surface area is 314 Å². The number of unbranched alkanes of at least 4 members (excludes halogenated alkanes) is 26. The average Bonchev–Trinajstić information content (AvgIpc) is 3.09. The third-order valence-corrected chi connectivity index (χ3v) is 10.4. The van der Waals surface area contributed by atoms with Crippen LogP contribution in [0.3, 0.4) is 0 Å². The quantitative estimate of drug-likeness (QED) is 0.0372. The van der Waals surface area contributed by atoms with Crippen LogP contribution >= 0.6 is 7.82 Å². The van der Waals surface area contributed by atoms with Gasteiger partial charge in [-0.2, -0.15) is 0 Å². The van der Waals surface area contributed by atoms with E-state index in [1.54, 1.807) is 0 Å². The number of esters is 2. The minimum Gasteiger partial charge on any atom is -0.462 e. The summed E-state index contributed by atoms with van der Waals surface area (Å²) in [7, 11) is -0.696. The predicted molar refractivity (Wildman–Crippen MR) is 211 cm³/mol. The van der Waals surface area contributed by atoms with Crippen molar-refractivity contribution in [2.75, 3.05) is 40.5 Å². The SMILES string of the molecule is CCCCCCCCCCCCCCCCCCCC(=O)OCC(COP(=O)(O)OCCN(C)C)OC(=O)CCCCCCCCCCCCC. The van der Waals surface area contributed by atoms with Crippen molar-refractivity contribution in [2.45, 2.75) is 213 Å². The van der Waals surface area contributed by atoms with Crippen LogP contribution in [0.15, 0.2) is 0 Å². The summed E-state index contributed by atoms with van der Waals surface area (Å²) in [6, 6.07) is 0. The van der Waals surface area contributed by atoms with E-state index in [0.717, 1.165) is 32.1 Å². The molecule has 51 heavy (non-hydrogen) atoms. The molecular formula is C41H82NO8P. The highest BCUT2D eigenvalue weighted by Gasteiger charge is 2.26. The van der Waals surface area contributed by atoms with Crippen molar-refractivity contribution >= 4 is 19.8 Å². The summed E-state index contributed by atoms with van der Waals surface area (Å²) in [5, 5.41) is 0. The van der Waals surface area contributed by atoms with Gasteiger partial charge in [0.1, 0.15) is 6.61 Å². The van der Waals surface area contributed by atoms with E-state index in [9.17, 15) is 19.0 Å². The fraction of sp³-hybridized carbons (Fsp3) is 0.951. The Morgan fingerprint density at radius 1 is 0.529 bits per heavy atom. The van der Waals surface area contributed by atoms with Crippen molar-refractivity contribution in [3.05, 3.63) is 0 Å². The Kier molecular flexibility index (Phi) is 36.6. The summed E-state index contributed by atoms with van der Waals surface area (Å²) in [5.74, 6) is -0.790. The molecule has 0 saturated carbocycles. The molecule has 0 rings (SSSR count). The molecule has 10 heteroatoms. The molecule has 304 valence electrons. The zero-order valence-corrected chi connectivity index (χ0v) is 34.7. The first kappa shape index (κ1) is 50.0. The molecule has 1 N–H and O–H groups in total. The number of carbonyl (C=O) groups is 2. The van der Waals surface area contributed by atoms with Crippen LogP contribution in [-0.2, 0) is 32.7 Å². The zero-order chi connectivity index (χ0) is 37.7. The van der Waals surface area contributed by atoms with Gasteiger partial charge in [-0.15, -0.1) is 0 Å². The summed E-state index contributed by atoms with van der Waals surface area (Å²) in [6.07, 6.45) is 34.3. The maximum absolute atomic E-state index is 12.6. The summed E-state index contributed by atoms with van der Waals surface area (Å²) in [4.78, 5) is 36.9. The van der Waals surface area contributed by atoms with Crippen LogP contribution in [0.2, 0.25) is 0 Å². The molecule has 0 aromatic carbocycles. The summed E-state index contributed by atoms with van der Waals surface area (Å²) < 4.78 is 33.4. The van der Waals surface area contributed by atoms with Gasteiger partial charge < -0.3 is 19.3 Å². The largest absolute Gasteiger partial charge is 0.472 e. The van der Waals surface area contributed by atoms with Crippen LogP contribution in [0, 0.1) is 0 Å². The molecule has 0 saturated heterocycles. The number of ether oxygens (including phenoxy) is 2. The van der Waals surface area contributed by atoms with Crippen molar-refractivity contribution in [1.82, 2.24) is 4.90 Å². The second-order valence-electron chi connectivity index (χ2n) is 14.9. The van der Waals surface area contributed by atoms with Crippen LogP contribution in [0.25, 0.3) is 0 Å². The predicted octanol–water partition coefficient (Wildman–Crippen LogP) is 11.9. The summed E-state index contributed by atoms with van der Waals surface area (Å²) >= 11 is 0. The Morgan fingerprint density at radius 3 is 1.25 bits per heavy atom. The highest BCUT2D eigenvalue weighted by molar-refractivity contribution is 7.47. The van der Waals surface area contributed by atoms with Gasteiger partial charge in [0.15, 0.2) is 6.10 Å². The highest BCUT2D eigenvalue weighted by Crippen LogP contribution is 2.43. The van der Waals surface area contributed by atoms with Gasteiger partial charge in [0.2, 0.25) is 0 Å². The van der Waals surface area contributed by atoms with Crippen LogP contribution < -0.4 is 0 Å². The first-order valence-electron chi connectivity index (χ1n) is 21.3. The smallest absolute Gasteiger partial charge is 0.462 e. The fourth-order valence-electron chi connectivity index (χ4n) is 6.10. The lowest BCUT2D eigenvalue weighted by molar-refractivity contribution is -0.161. The van der Waals surface area contributed by atoms with Gasteiger partial charge in [0.25, 0.3) is 0 Å². The van der Waals surface area contributed by atoms with Gasteiger partial charge >= 0.3 is 19.8 Å². The second kappa shape index (κ2) is 37.3. The molecule has 2 atom stereocenters. The first-order chi connectivity index (χ1) is 24.7. The molecule has 0 bridgehead atoms. The average molecular weight is 748 g/mol. The minimum atomic E-state index is -4.35. The number of carbonyl (C=O) groups excluding carboxylic acids is 2. The summed E-state index contributed by atoms with van der Waals surface area (Å²) in [5.41, 5.74) is 0. The number of nitrogens with zero attached hydrogens (tertiary/aromatic N) is 1. The third kappa shape index (κ3) is 38.5. The third-order valence-electron chi connectivity index (χ3n) is 9.41. The number of hydrogen-bond donors (Lipinski definition) is 1. The number of phosphoric acid groups is 1. The lowest BCUT2D eigenvalue weighted by Crippen LogP contribution is -2.29. The number of hydrogen-bond acceptors (Lipinski definition) is 8. The van der Waals surface area contributed by atoms with E-state index < -0.39 is 26.5 Å². The monoisotopic (exact) mass is 748 g/mol. The Balaban J connectivity index is 4.21. The van der Waals surface area contributed by atoms with Gasteiger partial charge in [0.05, 0.1) is 13.2 Å². The van der Waals surface area contributed by atoms with E-state index in [-0.39, 0.29) is 25.6 Å². The maximum Gasteiger partial charge on any atom is 0.472 e. The number of phosphoric ester groups is 1. The molecule has 0 aliphatic carbocycles. The number of rotatable bonds is 40. The molecule has 2 unspecified atom stereocenters. The molecule has 0 fully saturated rings. The van der Waals surface area contributed by atoms with Gasteiger partial charge in [-0.1, -0.05) is 181 Å². The van der Waals surface area contributed by atoms with E-state index in [1.807, 2.05) is 19.0 Å². The number of likely N-dealkylation sites (N-methyl/N-ethyl adjacent to an activating group) is 1. The van der Waals surface area contributed by atoms with Crippen LogP contribution in [0.5, 0.6) is 0 Å². The molecule has 9 nitrogen and oxygen atoms in total. The van der Waals surface area contributed by atoms with Crippen LogP contribution in [0.1, 0.15) is 206 Å². The molecule has 0 aliphatic rings. The molecule has 0 aliphatic heterocycles. The molecular weight excluding hydrogens is 665 g/mol. The van der Waals surface area contributed by atoms with Crippen LogP contribution in [0.4, 0.5) is 0 Å². The Hall–Kier alpha value is -0.990. The highest BCUT2D eigenvalue weighted by atomic mass is 31.2. The maximum atomic E-state index is 12.6. The first-order valence-corrected chi connectivity index (χ1v) is 22.8. The van der Waals surface area contributed by atoms with E-state index in [0.29, 0.717) is 19.4 Å². The van der Waals surface area contributed by atoms with E-state index in [1.165, 1.54) is 141 Å². The van der Waals surface area contributed by atoms with E-state index >= 15 is 0 Å². The molecule has 0 spiro atoms.